The summed E-state index contributed by atoms with van der Waals surface area (Å²) in [6, 6.07) is 5.76. The van der Waals surface area contributed by atoms with Crippen molar-refractivity contribution in [3.63, 3.8) is 0 Å². The number of rotatable bonds is 4. The third kappa shape index (κ3) is 2.64. The SMILES string of the molecule is Cc1noc(CCNC(=O)c2ccc3c(c2)NCC3)n1. The zero-order valence-electron chi connectivity index (χ0n) is 11.3. The number of hydrogen-bond acceptors (Lipinski definition) is 5. The lowest BCUT2D eigenvalue weighted by atomic mass is 10.1. The lowest BCUT2D eigenvalue weighted by molar-refractivity contribution is 0.0953. The molecule has 0 atom stereocenters. The fraction of sp³-hybridized carbons (Fsp3) is 0.357. The standard InChI is InChI=1S/C14H16N4O2/c1-9-17-13(20-18-9)5-7-16-14(19)11-3-2-10-4-6-15-12(10)8-11/h2-3,8,15H,4-7H2,1H3,(H,16,19). The fourth-order valence-electron chi connectivity index (χ4n) is 2.26. The van der Waals surface area contributed by atoms with Gasteiger partial charge in [0.1, 0.15) is 0 Å². The van der Waals surface area contributed by atoms with Gasteiger partial charge >= 0.3 is 0 Å². The van der Waals surface area contributed by atoms with Crippen molar-refractivity contribution in [1.29, 1.82) is 0 Å². The average Bonchev–Trinajstić information content (AvgIpc) is 3.06. The molecule has 0 unspecified atom stereocenters. The van der Waals surface area contributed by atoms with Crippen molar-refractivity contribution < 1.29 is 9.32 Å². The molecule has 0 saturated heterocycles. The van der Waals surface area contributed by atoms with Crippen molar-refractivity contribution in [2.45, 2.75) is 19.8 Å². The summed E-state index contributed by atoms with van der Waals surface area (Å²) in [5.41, 5.74) is 2.99. The number of amides is 1. The van der Waals surface area contributed by atoms with E-state index in [0.29, 0.717) is 30.2 Å². The number of benzene rings is 1. The maximum absolute atomic E-state index is 12.0. The van der Waals surface area contributed by atoms with Crippen LogP contribution in [-0.4, -0.2) is 29.1 Å². The Morgan fingerprint density at radius 2 is 2.40 bits per heavy atom. The van der Waals surface area contributed by atoms with Crippen LogP contribution in [0.25, 0.3) is 0 Å². The zero-order chi connectivity index (χ0) is 13.9. The molecule has 6 heteroatoms. The summed E-state index contributed by atoms with van der Waals surface area (Å²) in [5.74, 6) is 1.06. The van der Waals surface area contributed by atoms with Crippen LogP contribution in [0.2, 0.25) is 0 Å². The van der Waals surface area contributed by atoms with Gasteiger partial charge in [-0.3, -0.25) is 4.79 Å². The lowest BCUT2D eigenvalue weighted by Crippen LogP contribution is -2.25. The maximum Gasteiger partial charge on any atom is 0.251 e. The Balaban J connectivity index is 1.56. The third-order valence-corrected chi connectivity index (χ3v) is 3.28. The van der Waals surface area contributed by atoms with Gasteiger partial charge in [0.2, 0.25) is 5.89 Å². The molecule has 0 radical (unpaired) electrons. The van der Waals surface area contributed by atoms with Crippen LogP contribution in [0.1, 0.15) is 27.6 Å². The quantitative estimate of drug-likeness (QED) is 0.877. The number of hydrogen-bond donors (Lipinski definition) is 2. The number of fused-ring (bicyclic) bond motifs is 1. The number of nitrogens with one attached hydrogen (secondary N) is 2. The van der Waals surface area contributed by atoms with Gasteiger partial charge in [-0.25, -0.2) is 0 Å². The van der Waals surface area contributed by atoms with Crippen LogP contribution in [0, 0.1) is 6.92 Å². The van der Waals surface area contributed by atoms with Crippen molar-refractivity contribution in [3.05, 3.63) is 41.0 Å². The summed E-state index contributed by atoms with van der Waals surface area (Å²) >= 11 is 0. The second kappa shape index (κ2) is 5.32. The van der Waals surface area contributed by atoms with Gasteiger partial charge in [0.15, 0.2) is 5.82 Å². The summed E-state index contributed by atoms with van der Waals surface area (Å²) in [6.07, 6.45) is 1.56. The smallest absolute Gasteiger partial charge is 0.251 e. The van der Waals surface area contributed by atoms with E-state index in [4.69, 9.17) is 4.52 Å². The van der Waals surface area contributed by atoms with Crippen LogP contribution in [0.4, 0.5) is 5.69 Å². The molecule has 1 aromatic heterocycles. The Kier molecular flexibility index (Phi) is 3.37. The molecule has 0 spiro atoms. The minimum Gasteiger partial charge on any atom is -0.384 e. The van der Waals surface area contributed by atoms with Gasteiger partial charge < -0.3 is 15.2 Å². The zero-order valence-corrected chi connectivity index (χ0v) is 11.3. The molecule has 6 nitrogen and oxygen atoms in total. The Labute approximate surface area is 116 Å². The van der Waals surface area contributed by atoms with Crippen LogP contribution in [0.5, 0.6) is 0 Å². The third-order valence-electron chi connectivity index (χ3n) is 3.28. The first-order valence-electron chi connectivity index (χ1n) is 6.66. The van der Waals surface area contributed by atoms with Crippen LogP contribution < -0.4 is 10.6 Å². The van der Waals surface area contributed by atoms with Gasteiger partial charge in [-0.15, -0.1) is 0 Å². The van der Waals surface area contributed by atoms with Crippen molar-refractivity contribution in [3.8, 4) is 0 Å². The molecular weight excluding hydrogens is 256 g/mol. The Hall–Kier alpha value is -2.37. The minimum atomic E-state index is -0.0854. The van der Waals surface area contributed by atoms with Gasteiger partial charge in [0.05, 0.1) is 0 Å². The molecule has 1 aliphatic rings. The number of aromatic nitrogens is 2. The first-order valence-corrected chi connectivity index (χ1v) is 6.66. The maximum atomic E-state index is 12.0. The van der Waals surface area contributed by atoms with Crippen LogP contribution in [0.3, 0.4) is 0 Å². The van der Waals surface area contributed by atoms with E-state index in [1.54, 1.807) is 6.92 Å². The minimum absolute atomic E-state index is 0.0854. The number of nitrogens with zero attached hydrogens (tertiary/aromatic N) is 2. The van der Waals surface area contributed by atoms with Gasteiger partial charge in [0.25, 0.3) is 5.91 Å². The second-order valence-electron chi connectivity index (χ2n) is 4.79. The number of carbonyl (C=O) groups is 1. The van der Waals surface area contributed by atoms with E-state index in [0.717, 1.165) is 18.7 Å². The predicted molar refractivity (Wildman–Crippen MR) is 73.7 cm³/mol. The molecule has 0 aliphatic carbocycles. The van der Waals surface area contributed by atoms with E-state index in [1.807, 2.05) is 18.2 Å². The molecule has 0 bridgehead atoms. The van der Waals surface area contributed by atoms with Gasteiger partial charge in [-0.1, -0.05) is 11.2 Å². The molecule has 1 aromatic carbocycles. The summed E-state index contributed by atoms with van der Waals surface area (Å²) in [6.45, 7) is 3.19. The number of carbonyl (C=O) groups excluding carboxylic acids is 1. The largest absolute Gasteiger partial charge is 0.384 e. The Bertz CT molecular complexity index is 636. The van der Waals surface area contributed by atoms with Crippen molar-refractivity contribution >= 4 is 11.6 Å². The highest BCUT2D eigenvalue weighted by Gasteiger charge is 2.13. The van der Waals surface area contributed by atoms with E-state index >= 15 is 0 Å². The molecule has 0 fully saturated rings. The van der Waals surface area contributed by atoms with E-state index in [2.05, 4.69) is 20.8 Å². The van der Waals surface area contributed by atoms with Crippen LogP contribution in [0.15, 0.2) is 22.7 Å². The van der Waals surface area contributed by atoms with Gasteiger partial charge in [-0.2, -0.15) is 4.98 Å². The van der Waals surface area contributed by atoms with Gasteiger partial charge in [0, 0.05) is 30.8 Å². The number of aryl methyl sites for hydroxylation is 1. The molecule has 2 heterocycles. The summed E-state index contributed by atoms with van der Waals surface area (Å²) in [7, 11) is 0. The second-order valence-corrected chi connectivity index (χ2v) is 4.79. The fourth-order valence-corrected chi connectivity index (χ4v) is 2.26. The first kappa shape index (κ1) is 12.7. The molecule has 1 amide bonds. The van der Waals surface area contributed by atoms with E-state index < -0.39 is 0 Å². The highest BCUT2D eigenvalue weighted by atomic mass is 16.5. The van der Waals surface area contributed by atoms with E-state index in [9.17, 15) is 4.79 Å². The van der Waals surface area contributed by atoms with Crippen molar-refractivity contribution in [1.82, 2.24) is 15.5 Å². The van der Waals surface area contributed by atoms with Crippen LogP contribution >= 0.6 is 0 Å². The lowest BCUT2D eigenvalue weighted by Gasteiger charge is -2.06. The van der Waals surface area contributed by atoms with Gasteiger partial charge in [-0.05, 0) is 31.0 Å². The normalized spacial score (nSPS) is 12.8. The summed E-state index contributed by atoms with van der Waals surface area (Å²) in [4.78, 5) is 16.1. The van der Waals surface area contributed by atoms with E-state index in [1.165, 1.54) is 5.56 Å². The monoisotopic (exact) mass is 272 g/mol. The van der Waals surface area contributed by atoms with Crippen molar-refractivity contribution in [2.75, 3.05) is 18.4 Å². The molecule has 3 rings (SSSR count). The predicted octanol–water partition coefficient (Wildman–Crippen LogP) is 1.32. The molecule has 104 valence electrons. The topological polar surface area (TPSA) is 80.0 Å². The van der Waals surface area contributed by atoms with E-state index in [-0.39, 0.29) is 5.91 Å². The highest BCUT2D eigenvalue weighted by molar-refractivity contribution is 5.95. The molecular formula is C14H16N4O2. The van der Waals surface area contributed by atoms with Crippen LogP contribution in [-0.2, 0) is 12.8 Å². The highest BCUT2D eigenvalue weighted by Crippen LogP contribution is 2.23. The Morgan fingerprint density at radius 1 is 1.50 bits per heavy atom. The molecule has 2 aromatic rings. The Morgan fingerprint density at radius 3 is 3.20 bits per heavy atom. The molecule has 0 saturated carbocycles. The average molecular weight is 272 g/mol. The van der Waals surface area contributed by atoms with Crippen molar-refractivity contribution in [2.24, 2.45) is 0 Å². The first-order chi connectivity index (χ1) is 9.72. The molecule has 20 heavy (non-hydrogen) atoms. The molecule has 1 aliphatic heterocycles. The number of anilines is 1. The molecule has 2 N–H and O–H groups in total. The summed E-state index contributed by atoms with van der Waals surface area (Å²) in [5, 5.41) is 9.82. The summed E-state index contributed by atoms with van der Waals surface area (Å²) < 4.78 is 4.99.